The molecule has 2 heterocycles. The molecule has 0 spiro atoms. The van der Waals surface area contributed by atoms with Crippen LogP contribution in [0.4, 0.5) is 0 Å². The molecule has 158 valence electrons. The fraction of sp³-hybridized carbons (Fsp3) is 0.333. The van der Waals surface area contributed by atoms with Gasteiger partial charge in [0.25, 0.3) is 0 Å². The molecule has 0 radical (unpaired) electrons. The molecule has 0 saturated carbocycles. The monoisotopic (exact) mass is 462 g/mol. The number of hydrogen-bond acceptors (Lipinski definition) is 6. The van der Waals surface area contributed by atoms with Crippen LogP contribution in [0.15, 0.2) is 35.5 Å². The van der Waals surface area contributed by atoms with E-state index in [2.05, 4.69) is 41.5 Å². The molecule has 0 aliphatic carbocycles. The molecular weight excluding hydrogens is 440 g/mol. The third-order valence-corrected chi connectivity index (χ3v) is 6.78. The third kappa shape index (κ3) is 5.71. The van der Waals surface area contributed by atoms with Gasteiger partial charge in [-0.05, 0) is 55.7 Å². The smallest absolute Gasteiger partial charge is 0.216 e. The van der Waals surface area contributed by atoms with Crippen molar-refractivity contribution in [3.63, 3.8) is 0 Å². The first kappa shape index (κ1) is 22.5. The Labute approximate surface area is 189 Å². The molecule has 30 heavy (non-hydrogen) atoms. The Balaban J connectivity index is 1.81. The second-order valence-corrected chi connectivity index (χ2v) is 9.56. The number of ketones is 1. The average molecular weight is 463 g/mol. The number of amides is 1. The summed E-state index contributed by atoms with van der Waals surface area (Å²) in [5, 5.41) is 12.2. The normalized spacial score (nSPS) is 10.9. The number of nitrogens with zero attached hydrogens (tertiary/aromatic N) is 3. The number of nitrogens with one attached hydrogen (secondary N) is 1. The van der Waals surface area contributed by atoms with Crippen LogP contribution in [-0.4, -0.2) is 38.8 Å². The second kappa shape index (κ2) is 10.2. The summed E-state index contributed by atoms with van der Waals surface area (Å²) in [7, 11) is 0. The molecule has 0 aliphatic heterocycles. The molecule has 1 aromatic carbocycles. The van der Waals surface area contributed by atoms with E-state index in [0.29, 0.717) is 27.3 Å². The van der Waals surface area contributed by atoms with E-state index >= 15 is 0 Å². The first-order chi connectivity index (χ1) is 14.3. The minimum atomic E-state index is -0.0472. The molecule has 3 rings (SSSR count). The Morgan fingerprint density at radius 3 is 2.63 bits per heavy atom. The molecule has 0 fully saturated rings. The maximum Gasteiger partial charge on any atom is 0.216 e. The van der Waals surface area contributed by atoms with E-state index in [1.807, 2.05) is 10.6 Å². The molecule has 3 aromatic rings. The summed E-state index contributed by atoms with van der Waals surface area (Å²) >= 11 is 8.59. The SMILES string of the molecule is CC(=O)NCCCc1nnc(SCC(=O)c2ccc(Cl)s2)n1-c1ccc(C)c(C)c1. The van der Waals surface area contributed by atoms with E-state index in [1.54, 1.807) is 12.1 Å². The van der Waals surface area contributed by atoms with Crippen LogP contribution >= 0.6 is 34.7 Å². The van der Waals surface area contributed by atoms with Crippen molar-refractivity contribution in [2.75, 3.05) is 12.3 Å². The zero-order valence-electron chi connectivity index (χ0n) is 17.1. The predicted octanol–water partition coefficient (Wildman–Crippen LogP) is 4.64. The van der Waals surface area contributed by atoms with Gasteiger partial charge < -0.3 is 5.32 Å². The summed E-state index contributed by atoms with van der Waals surface area (Å²) in [5.74, 6) is 1.02. The topological polar surface area (TPSA) is 76.9 Å². The van der Waals surface area contributed by atoms with Gasteiger partial charge in [0.2, 0.25) is 5.91 Å². The van der Waals surface area contributed by atoms with Gasteiger partial charge in [0.05, 0.1) is 15.0 Å². The molecular formula is C21H23ClN4O2S2. The number of Topliss-reactive ketones (excluding diaryl/α,β-unsaturated/α-hetero) is 1. The van der Waals surface area contributed by atoms with Gasteiger partial charge in [0.15, 0.2) is 10.9 Å². The molecule has 0 bridgehead atoms. The van der Waals surface area contributed by atoms with Gasteiger partial charge >= 0.3 is 0 Å². The molecule has 0 unspecified atom stereocenters. The van der Waals surface area contributed by atoms with Crippen molar-refractivity contribution in [1.29, 1.82) is 0 Å². The van der Waals surface area contributed by atoms with Gasteiger partial charge in [0, 0.05) is 25.6 Å². The van der Waals surface area contributed by atoms with Gasteiger partial charge in [-0.3, -0.25) is 14.2 Å². The van der Waals surface area contributed by atoms with Gasteiger partial charge in [0.1, 0.15) is 5.82 Å². The largest absolute Gasteiger partial charge is 0.356 e. The van der Waals surface area contributed by atoms with Crippen LogP contribution in [0.5, 0.6) is 0 Å². The molecule has 0 aliphatic rings. The zero-order chi connectivity index (χ0) is 21.7. The van der Waals surface area contributed by atoms with Crippen molar-refractivity contribution in [1.82, 2.24) is 20.1 Å². The summed E-state index contributed by atoms with van der Waals surface area (Å²) in [5.41, 5.74) is 3.34. The Hall–Kier alpha value is -2.16. The first-order valence-corrected chi connectivity index (χ1v) is 11.7. The summed E-state index contributed by atoms with van der Waals surface area (Å²) in [6.45, 7) is 6.22. The minimum absolute atomic E-state index is 0.0127. The maximum absolute atomic E-state index is 12.5. The second-order valence-electron chi connectivity index (χ2n) is 6.90. The van der Waals surface area contributed by atoms with E-state index < -0.39 is 0 Å². The Bertz CT molecular complexity index is 1060. The highest BCUT2D eigenvalue weighted by atomic mass is 35.5. The van der Waals surface area contributed by atoms with Crippen LogP contribution < -0.4 is 5.32 Å². The van der Waals surface area contributed by atoms with E-state index in [0.717, 1.165) is 17.9 Å². The highest BCUT2D eigenvalue weighted by Crippen LogP contribution is 2.27. The van der Waals surface area contributed by atoms with Crippen molar-refractivity contribution in [2.45, 2.75) is 38.8 Å². The lowest BCUT2D eigenvalue weighted by Crippen LogP contribution is -2.21. The number of thioether (sulfide) groups is 1. The molecule has 1 N–H and O–H groups in total. The number of aryl methyl sites for hydroxylation is 3. The Morgan fingerprint density at radius 1 is 1.17 bits per heavy atom. The van der Waals surface area contributed by atoms with Gasteiger partial charge in [-0.25, -0.2) is 0 Å². The summed E-state index contributed by atoms with van der Waals surface area (Å²) in [6, 6.07) is 9.68. The van der Waals surface area contributed by atoms with Crippen LogP contribution in [-0.2, 0) is 11.2 Å². The number of halogens is 1. The number of rotatable bonds is 9. The van der Waals surface area contributed by atoms with Crippen molar-refractivity contribution in [3.8, 4) is 5.69 Å². The number of carbonyl (C=O) groups excluding carboxylic acids is 2. The van der Waals surface area contributed by atoms with Crippen molar-refractivity contribution < 1.29 is 9.59 Å². The quantitative estimate of drug-likeness (QED) is 0.284. The van der Waals surface area contributed by atoms with E-state index in [1.165, 1.54) is 41.1 Å². The number of thiophene rings is 1. The predicted molar refractivity (Wildman–Crippen MR) is 122 cm³/mol. The van der Waals surface area contributed by atoms with Crippen molar-refractivity contribution >= 4 is 46.4 Å². The van der Waals surface area contributed by atoms with E-state index in [-0.39, 0.29) is 17.4 Å². The number of carbonyl (C=O) groups is 2. The molecule has 0 atom stereocenters. The number of benzene rings is 1. The highest BCUT2D eigenvalue weighted by molar-refractivity contribution is 7.99. The number of aromatic nitrogens is 3. The minimum Gasteiger partial charge on any atom is -0.356 e. The maximum atomic E-state index is 12.5. The van der Waals surface area contributed by atoms with Crippen LogP contribution in [0.1, 0.15) is 40.0 Å². The fourth-order valence-corrected chi connectivity index (χ4v) is 4.78. The summed E-state index contributed by atoms with van der Waals surface area (Å²) < 4.78 is 2.60. The van der Waals surface area contributed by atoms with Crippen molar-refractivity contribution in [3.05, 3.63) is 56.5 Å². The lowest BCUT2D eigenvalue weighted by atomic mass is 10.1. The van der Waals surface area contributed by atoms with Gasteiger partial charge in [-0.2, -0.15) is 0 Å². The van der Waals surface area contributed by atoms with Crippen LogP contribution in [0.3, 0.4) is 0 Å². The van der Waals surface area contributed by atoms with Crippen LogP contribution in [0, 0.1) is 13.8 Å². The van der Waals surface area contributed by atoms with Crippen molar-refractivity contribution in [2.24, 2.45) is 0 Å². The summed E-state index contributed by atoms with van der Waals surface area (Å²) in [6.07, 6.45) is 1.41. The lowest BCUT2D eigenvalue weighted by Gasteiger charge is -2.12. The fourth-order valence-electron chi connectivity index (χ4n) is 2.86. The molecule has 9 heteroatoms. The average Bonchev–Trinajstić information content (AvgIpc) is 3.31. The zero-order valence-corrected chi connectivity index (χ0v) is 19.5. The molecule has 1 amide bonds. The van der Waals surface area contributed by atoms with Crippen LogP contribution in [0.25, 0.3) is 5.69 Å². The van der Waals surface area contributed by atoms with Crippen LogP contribution in [0.2, 0.25) is 4.34 Å². The van der Waals surface area contributed by atoms with E-state index in [9.17, 15) is 9.59 Å². The van der Waals surface area contributed by atoms with Gasteiger partial charge in [-0.15, -0.1) is 21.5 Å². The highest BCUT2D eigenvalue weighted by Gasteiger charge is 2.17. The summed E-state index contributed by atoms with van der Waals surface area (Å²) in [4.78, 5) is 24.2. The Morgan fingerprint density at radius 2 is 1.97 bits per heavy atom. The Kier molecular flexibility index (Phi) is 7.69. The standard InChI is InChI=1S/C21H23ClN4O2S2/c1-13-6-7-16(11-14(13)2)26-20(5-4-10-23-15(3)27)24-25-21(26)29-12-17(28)18-8-9-19(22)30-18/h6-9,11H,4-5,10,12H2,1-3H3,(H,23,27). The van der Waals surface area contributed by atoms with Gasteiger partial charge in [-0.1, -0.05) is 29.4 Å². The third-order valence-electron chi connectivity index (χ3n) is 4.58. The molecule has 0 saturated heterocycles. The molecule has 2 aromatic heterocycles. The lowest BCUT2D eigenvalue weighted by molar-refractivity contribution is -0.118. The first-order valence-electron chi connectivity index (χ1n) is 9.53. The van der Waals surface area contributed by atoms with E-state index in [4.69, 9.17) is 11.6 Å². The number of hydrogen-bond donors (Lipinski definition) is 1. The molecule has 6 nitrogen and oxygen atoms in total.